The molecule has 0 aromatic rings. The van der Waals surface area contributed by atoms with Crippen LogP contribution in [0.25, 0.3) is 0 Å². The van der Waals surface area contributed by atoms with E-state index in [9.17, 15) is 29.4 Å². The zero-order valence-corrected chi connectivity index (χ0v) is 16.1. The van der Waals surface area contributed by atoms with Crippen LogP contribution in [0.3, 0.4) is 0 Å². The number of carbonyl (C=O) groups excluding carboxylic acids is 2. The van der Waals surface area contributed by atoms with E-state index in [1.807, 2.05) is 0 Å². The summed E-state index contributed by atoms with van der Waals surface area (Å²) in [5, 5.41) is 19.3. The van der Waals surface area contributed by atoms with E-state index in [-0.39, 0.29) is 25.7 Å². The summed E-state index contributed by atoms with van der Waals surface area (Å²) in [4.78, 5) is 49.5. The smallest absolute Gasteiger partial charge is 0.320 e. The van der Waals surface area contributed by atoms with Crippen LogP contribution in [-0.4, -0.2) is 34.1 Å². The van der Waals surface area contributed by atoms with Gasteiger partial charge in [-0.25, -0.2) is 0 Å². The van der Waals surface area contributed by atoms with E-state index >= 15 is 0 Å². The molecule has 0 radical (unpaired) electrons. The van der Waals surface area contributed by atoms with Gasteiger partial charge in [-0.15, -0.1) is 0 Å². The highest BCUT2D eigenvalue weighted by molar-refractivity contribution is 5.97. The summed E-state index contributed by atoms with van der Waals surface area (Å²) < 4.78 is 5.15. The minimum Gasteiger partial charge on any atom is -0.481 e. The van der Waals surface area contributed by atoms with Gasteiger partial charge in [-0.1, -0.05) is 24.3 Å². The highest BCUT2D eigenvalue weighted by Gasteiger charge is 2.60. The first-order valence-corrected chi connectivity index (χ1v) is 8.89. The molecule has 4 unspecified atom stereocenters. The molecule has 7 heteroatoms. The first kappa shape index (κ1) is 20.9. The number of carboxylic acid groups (broad SMARTS) is 2. The second-order valence-electron chi connectivity index (χ2n) is 8.38. The number of carbonyl (C=O) groups is 4. The monoisotopic (exact) mass is 378 g/mol. The summed E-state index contributed by atoms with van der Waals surface area (Å²) in [7, 11) is 0. The Morgan fingerprint density at radius 1 is 0.630 bits per heavy atom. The molecule has 0 amide bonds. The molecule has 27 heavy (non-hydrogen) atoms. The number of hydrogen-bond donors (Lipinski definition) is 2. The number of esters is 2. The molecule has 7 nitrogen and oxygen atoms in total. The Labute approximate surface area is 158 Å². The molecule has 0 bridgehead atoms. The molecule has 0 heterocycles. The number of ether oxygens (including phenoxy) is 1. The van der Waals surface area contributed by atoms with Gasteiger partial charge in [-0.2, -0.15) is 0 Å². The number of hydrogen-bond acceptors (Lipinski definition) is 5. The quantitative estimate of drug-likeness (QED) is 0.438. The van der Waals surface area contributed by atoms with Crippen LogP contribution in [0.1, 0.15) is 53.4 Å². The Balaban J connectivity index is 2.35. The van der Waals surface area contributed by atoms with Crippen LogP contribution < -0.4 is 0 Å². The topological polar surface area (TPSA) is 118 Å². The molecule has 0 spiro atoms. The van der Waals surface area contributed by atoms with Crippen LogP contribution in [0.4, 0.5) is 0 Å². The Hall–Kier alpha value is -2.44. The molecule has 2 aliphatic carbocycles. The molecule has 2 rings (SSSR count). The average molecular weight is 378 g/mol. The lowest BCUT2D eigenvalue weighted by Crippen LogP contribution is -2.54. The largest absolute Gasteiger partial charge is 0.481 e. The summed E-state index contributed by atoms with van der Waals surface area (Å²) in [5.41, 5.74) is -5.74. The zero-order chi connectivity index (χ0) is 20.7. The van der Waals surface area contributed by atoms with E-state index in [1.165, 1.54) is 27.7 Å². The van der Waals surface area contributed by atoms with Gasteiger partial charge in [0.15, 0.2) is 0 Å². The molecule has 0 saturated carbocycles. The predicted octanol–water partition coefficient (Wildman–Crippen LogP) is 2.95. The van der Waals surface area contributed by atoms with Gasteiger partial charge in [-0.05, 0) is 53.4 Å². The Kier molecular flexibility index (Phi) is 5.12. The van der Waals surface area contributed by atoms with Crippen molar-refractivity contribution in [3.8, 4) is 0 Å². The van der Waals surface area contributed by atoms with Crippen molar-refractivity contribution in [2.45, 2.75) is 53.4 Å². The molecule has 148 valence electrons. The Bertz CT molecular complexity index is 689. The molecule has 0 aromatic heterocycles. The van der Waals surface area contributed by atoms with Gasteiger partial charge < -0.3 is 14.9 Å². The third-order valence-corrected chi connectivity index (χ3v) is 6.90. The maximum atomic E-state index is 12.9. The summed E-state index contributed by atoms with van der Waals surface area (Å²) in [6.45, 7) is 5.85. The van der Waals surface area contributed by atoms with Gasteiger partial charge in [0, 0.05) is 0 Å². The van der Waals surface area contributed by atoms with Crippen molar-refractivity contribution < 1.29 is 34.1 Å². The summed E-state index contributed by atoms with van der Waals surface area (Å²) in [6.07, 6.45) is 7.29. The molecular formula is C20H26O7. The summed E-state index contributed by atoms with van der Waals surface area (Å²) >= 11 is 0. The zero-order valence-electron chi connectivity index (χ0n) is 16.1. The Morgan fingerprint density at radius 2 is 0.889 bits per heavy atom. The molecule has 4 atom stereocenters. The Morgan fingerprint density at radius 3 is 1.15 bits per heavy atom. The van der Waals surface area contributed by atoms with Gasteiger partial charge in [0.05, 0.1) is 21.7 Å². The molecule has 0 aromatic carbocycles. The summed E-state index contributed by atoms with van der Waals surface area (Å²) in [6, 6.07) is 0. The van der Waals surface area contributed by atoms with E-state index in [2.05, 4.69) is 0 Å². The number of allylic oxidation sites excluding steroid dienone is 4. The minimum absolute atomic E-state index is 0.120. The van der Waals surface area contributed by atoms with Crippen molar-refractivity contribution in [1.82, 2.24) is 0 Å². The second-order valence-corrected chi connectivity index (χ2v) is 8.38. The maximum absolute atomic E-state index is 12.9. The lowest BCUT2D eigenvalue weighted by molar-refractivity contribution is -0.190. The molecular weight excluding hydrogens is 352 g/mol. The number of aliphatic carboxylic acids is 2. The van der Waals surface area contributed by atoms with Gasteiger partial charge in [0.1, 0.15) is 0 Å². The van der Waals surface area contributed by atoms with Crippen LogP contribution >= 0.6 is 0 Å². The van der Waals surface area contributed by atoms with E-state index in [0.29, 0.717) is 0 Å². The maximum Gasteiger partial charge on any atom is 0.320 e. The standard InChI is InChI=1S/C20H26O7/c1-17(13(21)22)9-5-7-11-19(17,3)15(25)27-16(26)20(4)12-8-6-10-18(20,2)14(23)24/h5-8H,9-12H2,1-4H3,(H,21,22)(H,23,24). The van der Waals surface area contributed by atoms with Crippen molar-refractivity contribution in [3.63, 3.8) is 0 Å². The SMILES string of the molecule is CC1(C(=O)O)CC=CCC1(C)C(=O)OC(=O)C1(C)CC=CCC1(C)C(=O)O. The molecule has 0 saturated heterocycles. The van der Waals surface area contributed by atoms with E-state index < -0.39 is 45.5 Å². The van der Waals surface area contributed by atoms with Gasteiger partial charge in [0.2, 0.25) is 0 Å². The first-order chi connectivity index (χ1) is 12.3. The molecule has 2 N–H and O–H groups in total. The van der Waals surface area contributed by atoms with Crippen molar-refractivity contribution in [3.05, 3.63) is 24.3 Å². The van der Waals surface area contributed by atoms with Gasteiger partial charge >= 0.3 is 23.9 Å². The second kappa shape index (κ2) is 6.62. The van der Waals surface area contributed by atoms with Crippen LogP contribution in [-0.2, 0) is 23.9 Å². The lowest BCUT2D eigenvalue weighted by Gasteiger charge is -2.45. The van der Waals surface area contributed by atoms with Crippen LogP contribution in [0.2, 0.25) is 0 Å². The predicted molar refractivity (Wildman–Crippen MR) is 95.5 cm³/mol. The number of rotatable bonds is 4. The van der Waals surface area contributed by atoms with Gasteiger partial charge in [-0.3, -0.25) is 19.2 Å². The highest BCUT2D eigenvalue weighted by Crippen LogP contribution is 2.52. The van der Waals surface area contributed by atoms with E-state index in [0.717, 1.165) is 0 Å². The fraction of sp³-hybridized carbons (Fsp3) is 0.600. The van der Waals surface area contributed by atoms with Crippen LogP contribution in [0, 0.1) is 21.7 Å². The van der Waals surface area contributed by atoms with Crippen LogP contribution in [0.5, 0.6) is 0 Å². The van der Waals surface area contributed by atoms with Crippen molar-refractivity contribution >= 4 is 23.9 Å². The third kappa shape index (κ3) is 2.89. The van der Waals surface area contributed by atoms with Crippen molar-refractivity contribution in [1.29, 1.82) is 0 Å². The fourth-order valence-corrected chi connectivity index (χ4v) is 3.75. The normalized spacial score (nSPS) is 38.2. The van der Waals surface area contributed by atoms with Crippen molar-refractivity contribution in [2.75, 3.05) is 0 Å². The van der Waals surface area contributed by atoms with Crippen LogP contribution in [0.15, 0.2) is 24.3 Å². The molecule has 0 aliphatic heterocycles. The third-order valence-electron chi connectivity index (χ3n) is 6.90. The minimum atomic E-state index is -1.44. The van der Waals surface area contributed by atoms with E-state index in [1.54, 1.807) is 24.3 Å². The van der Waals surface area contributed by atoms with Gasteiger partial charge in [0.25, 0.3) is 0 Å². The van der Waals surface area contributed by atoms with E-state index in [4.69, 9.17) is 4.74 Å². The number of carboxylic acids is 2. The first-order valence-electron chi connectivity index (χ1n) is 8.89. The molecule has 0 fully saturated rings. The summed E-state index contributed by atoms with van der Waals surface area (Å²) in [5.74, 6) is -4.18. The molecule has 2 aliphatic rings. The fourth-order valence-electron chi connectivity index (χ4n) is 3.75. The lowest BCUT2D eigenvalue weighted by atomic mass is 9.59. The average Bonchev–Trinajstić information content (AvgIpc) is 2.59. The van der Waals surface area contributed by atoms with Crippen molar-refractivity contribution in [2.24, 2.45) is 21.7 Å². The highest BCUT2D eigenvalue weighted by atomic mass is 16.6.